The van der Waals surface area contributed by atoms with Crippen molar-refractivity contribution in [1.82, 2.24) is 9.55 Å². The number of aromatic nitrogens is 2. The summed E-state index contributed by atoms with van der Waals surface area (Å²) in [6.45, 7) is 1.07. The molecule has 13 heteroatoms. The molecule has 2 aromatic heterocycles. The van der Waals surface area contributed by atoms with E-state index in [4.69, 9.17) is 15.1 Å². The maximum Gasteiger partial charge on any atom is 0.341 e. The van der Waals surface area contributed by atoms with Crippen molar-refractivity contribution in [2.24, 2.45) is 16.8 Å². The van der Waals surface area contributed by atoms with Crippen LogP contribution < -0.4 is 16.1 Å². The van der Waals surface area contributed by atoms with Gasteiger partial charge < -0.3 is 29.7 Å². The minimum absolute atomic E-state index is 0.0339. The number of carboxylic acids is 1. The highest BCUT2D eigenvalue weighted by Crippen LogP contribution is 2.37. The smallest absolute Gasteiger partial charge is 0.341 e. The molecule has 0 spiro atoms. The molecule has 0 amide bonds. The first-order valence-corrected chi connectivity index (χ1v) is 12.1. The Morgan fingerprint density at radius 1 is 1.48 bits per heavy atom. The molecule has 4 rings (SSSR count). The Labute approximate surface area is 189 Å². The fourth-order valence-electron chi connectivity index (χ4n) is 3.60. The van der Waals surface area contributed by atoms with Crippen LogP contribution in [0.15, 0.2) is 22.2 Å². The molecule has 1 saturated heterocycles. The van der Waals surface area contributed by atoms with Crippen LogP contribution >= 0.6 is 0 Å². The van der Waals surface area contributed by atoms with E-state index in [1.807, 2.05) is 0 Å². The fraction of sp³-hybridized carbons (Fsp3) is 0.450. The molecule has 1 saturated carbocycles. The zero-order valence-electron chi connectivity index (χ0n) is 18.2. The highest BCUT2D eigenvalue weighted by Gasteiger charge is 2.33. The van der Waals surface area contributed by atoms with Crippen molar-refractivity contribution in [3.8, 4) is 0 Å². The second-order valence-electron chi connectivity index (χ2n) is 8.02. The number of nitrogens with zero attached hydrogens (tertiary/aromatic N) is 4. The van der Waals surface area contributed by atoms with Gasteiger partial charge in [-0.25, -0.2) is 18.4 Å². The van der Waals surface area contributed by atoms with Crippen molar-refractivity contribution < 1.29 is 27.9 Å². The highest BCUT2D eigenvalue weighted by molar-refractivity contribution is 7.94. The quantitative estimate of drug-likeness (QED) is 0.412. The van der Waals surface area contributed by atoms with Gasteiger partial charge in [-0.2, -0.15) is 0 Å². The molecule has 0 aromatic carbocycles. The SMILES string of the molecule is C=S(C)(=O)O.CON=C1CN(c2nc3c(cc2F)c(=O)c(C(=O)O)cn3C2CC2)CC1CN. The summed E-state index contributed by atoms with van der Waals surface area (Å²) in [5, 5.41) is 13.2. The zero-order valence-corrected chi connectivity index (χ0v) is 19.0. The van der Waals surface area contributed by atoms with E-state index in [1.165, 1.54) is 13.3 Å². The molecule has 11 nitrogen and oxygen atoms in total. The standard InChI is InChI=1S/C18H20FN5O4.C2H6O2S/c1-28-22-14-8-23(6-9(14)5-20)17-13(19)4-11-15(25)12(18(26)27)7-24(10-2-3-10)16(11)21-17;1-5(2,3)4/h4,7,9-10H,2-3,5-6,8,20H2,1H3,(H,26,27);1H2,2H3,(H,3,4). The second kappa shape index (κ2) is 9.45. The molecule has 1 aliphatic heterocycles. The number of hydrogen-bond acceptors (Lipinski definition) is 8. The number of carboxylic acid groups (broad SMARTS) is 1. The lowest BCUT2D eigenvalue weighted by Crippen LogP contribution is -2.26. The number of rotatable bonds is 5. The van der Waals surface area contributed by atoms with Gasteiger partial charge in [-0.3, -0.25) is 4.79 Å². The van der Waals surface area contributed by atoms with Crippen molar-refractivity contribution >= 4 is 44.2 Å². The number of aromatic carboxylic acids is 1. The summed E-state index contributed by atoms with van der Waals surface area (Å²) in [6, 6.07) is 1.14. The van der Waals surface area contributed by atoms with Gasteiger partial charge in [0.25, 0.3) is 0 Å². The summed E-state index contributed by atoms with van der Waals surface area (Å²) in [6.07, 6.45) is 4.18. The summed E-state index contributed by atoms with van der Waals surface area (Å²) in [5.74, 6) is 0.828. The summed E-state index contributed by atoms with van der Waals surface area (Å²) in [4.78, 5) is 34.9. The molecule has 2 aliphatic rings. The molecule has 2 unspecified atom stereocenters. The molecule has 2 aromatic rings. The van der Waals surface area contributed by atoms with Crippen LogP contribution in [-0.4, -0.2) is 74.0 Å². The van der Waals surface area contributed by atoms with Crippen LogP contribution in [0.2, 0.25) is 0 Å². The number of oxime groups is 1. The van der Waals surface area contributed by atoms with Gasteiger partial charge >= 0.3 is 5.97 Å². The topological polar surface area (TPSA) is 160 Å². The zero-order chi connectivity index (χ0) is 24.5. The predicted octanol–water partition coefficient (Wildman–Crippen LogP) is 0.772. The van der Waals surface area contributed by atoms with E-state index in [9.17, 15) is 23.3 Å². The van der Waals surface area contributed by atoms with Gasteiger partial charge in [0, 0.05) is 37.5 Å². The van der Waals surface area contributed by atoms with E-state index in [2.05, 4.69) is 16.0 Å². The van der Waals surface area contributed by atoms with Crippen LogP contribution in [0.25, 0.3) is 11.0 Å². The average molecular weight is 484 g/mol. The molecular weight excluding hydrogens is 457 g/mol. The van der Waals surface area contributed by atoms with Crippen LogP contribution in [0.1, 0.15) is 29.2 Å². The monoisotopic (exact) mass is 483 g/mol. The van der Waals surface area contributed by atoms with Crippen molar-refractivity contribution in [2.75, 3.05) is 37.9 Å². The summed E-state index contributed by atoms with van der Waals surface area (Å²) >= 11 is 0. The third-order valence-corrected chi connectivity index (χ3v) is 5.17. The van der Waals surface area contributed by atoms with E-state index in [-0.39, 0.29) is 34.4 Å². The lowest BCUT2D eigenvalue weighted by molar-refractivity contribution is 0.0694. The van der Waals surface area contributed by atoms with E-state index in [1.54, 1.807) is 9.47 Å². The van der Waals surface area contributed by atoms with Gasteiger partial charge in [-0.1, -0.05) is 5.16 Å². The largest absolute Gasteiger partial charge is 0.477 e. The van der Waals surface area contributed by atoms with Gasteiger partial charge in [-0.05, 0) is 24.8 Å². The van der Waals surface area contributed by atoms with Crippen molar-refractivity contribution in [3.63, 3.8) is 0 Å². The van der Waals surface area contributed by atoms with Gasteiger partial charge in [0.1, 0.15) is 18.3 Å². The fourth-order valence-corrected chi connectivity index (χ4v) is 3.60. The lowest BCUT2D eigenvalue weighted by Gasteiger charge is -2.19. The van der Waals surface area contributed by atoms with E-state index in [0.29, 0.717) is 25.3 Å². The molecule has 4 N–H and O–H groups in total. The Morgan fingerprint density at radius 3 is 2.64 bits per heavy atom. The van der Waals surface area contributed by atoms with Crippen LogP contribution in [0.5, 0.6) is 0 Å². The summed E-state index contributed by atoms with van der Waals surface area (Å²) < 4.78 is 34.1. The summed E-state index contributed by atoms with van der Waals surface area (Å²) in [5.41, 5.74) is 5.65. The number of halogens is 1. The van der Waals surface area contributed by atoms with E-state index in [0.717, 1.165) is 25.2 Å². The Bertz CT molecular complexity index is 1260. The van der Waals surface area contributed by atoms with Gasteiger partial charge in [-0.15, -0.1) is 0 Å². The lowest BCUT2D eigenvalue weighted by atomic mass is 10.1. The Morgan fingerprint density at radius 2 is 2.12 bits per heavy atom. The third-order valence-electron chi connectivity index (χ3n) is 5.17. The van der Waals surface area contributed by atoms with Crippen LogP contribution in [-0.2, 0) is 14.6 Å². The number of nitrogens with two attached hydrogens (primary N) is 1. The molecule has 180 valence electrons. The molecular formula is C20H26FN5O6S. The van der Waals surface area contributed by atoms with Gasteiger partial charge in [0.15, 0.2) is 11.6 Å². The third kappa shape index (κ3) is 5.67. The van der Waals surface area contributed by atoms with Crippen molar-refractivity contribution in [2.45, 2.75) is 18.9 Å². The molecule has 0 bridgehead atoms. The average Bonchev–Trinajstić information content (AvgIpc) is 3.47. The number of carbonyl (C=O) groups is 1. The van der Waals surface area contributed by atoms with Crippen LogP contribution in [0, 0.1) is 11.7 Å². The highest BCUT2D eigenvalue weighted by atomic mass is 32.2. The summed E-state index contributed by atoms with van der Waals surface area (Å²) in [7, 11) is -1.23. The first-order valence-electron chi connectivity index (χ1n) is 10.0. The maximum absolute atomic E-state index is 14.9. The number of fused-ring (bicyclic) bond motifs is 1. The minimum Gasteiger partial charge on any atom is -0.477 e. The van der Waals surface area contributed by atoms with Gasteiger partial charge in [0.05, 0.1) is 27.4 Å². The minimum atomic E-state index is -2.67. The Hall–Kier alpha value is -3.03. The normalized spacial score (nSPS) is 20.9. The maximum atomic E-state index is 14.9. The van der Waals surface area contributed by atoms with E-state index >= 15 is 0 Å². The molecule has 0 radical (unpaired) electrons. The molecule has 33 heavy (non-hydrogen) atoms. The number of anilines is 1. The Balaban J connectivity index is 0.000000555. The van der Waals surface area contributed by atoms with Crippen molar-refractivity contribution in [3.05, 3.63) is 33.9 Å². The molecule has 2 fully saturated rings. The van der Waals surface area contributed by atoms with Crippen molar-refractivity contribution in [1.29, 1.82) is 0 Å². The predicted molar refractivity (Wildman–Crippen MR) is 124 cm³/mol. The number of hydrogen-bond donors (Lipinski definition) is 3. The van der Waals surface area contributed by atoms with E-state index < -0.39 is 27.0 Å². The first-order chi connectivity index (χ1) is 15.4. The molecule has 3 heterocycles. The molecule has 2 atom stereocenters. The number of pyridine rings is 2. The first kappa shape index (κ1) is 24.6. The van der Waals surface area contributed by atoms with Crippen LogP contribution in [0.3, 0.4) is 0 Å². The van der Waals surface area contributed by atoms with Gasteiger partial charge in [0.2, 0.25) is 5.43 Å². The Kier molecular flexibility index (Phi) is 7.05. The van der Waals surface area contributed by atoms with Crippen LogP contribution in [0.4, 0.5) is 10.2 Å². The molecule has 1 aliphatic carbocycles. The second-order valence-corrected chi connectivity index (χ2v) is 9.94.